The number of hydrogen-bond acceptors (Lipinski definition) is 4. The van der Waals surface area contributed by atoms with Crippen LogP contribution in [0.5, 0.6) is 0 Å². The predicted molar refractivity (Wildman–Crippen MR) is 107 cm³/mol. The van der Waals surface area contributed by atoms with E-state index in [-0.39, 0.29) is 12.0 Å². The average molecular weight is 375 g/mol. The second-order valence-electron chi connectivity index (χ2n) is 6.77. The number of para-hydroxylation sites is 1. The van der Waals surface area contributed by atoms with Crippen LogP contribution >= 0.6 is 0 Å². The first-order valence-electron chi connectivity index (χ1n) is 9.26. The Hall–Kier alpha value is -3.41. The number of hydrogen-bond donors (Lipinski definition) is 0. The summed E-state index contributed by atoms with van der Waals surface area (Å²) < 4.78 is 4.94. The topological polar surface area (TPSA) is 62.7 Å². The molecule has 0 aliphatic carbocycles. The largest absolute Gasteiger partial charge is 0.448 e. The van der Waals surface area contributed by atoms with E-state index in [4.69, 9.17) is 9.72 Å². The highest BCUT2D eigenvalue weighted by Crippen LogP contribution is 2.25. The normalized spacial score (nSPS) is 13.6. The maximum atomic E-state index is 13.2. The minimum Gasteiger partial charge on any atom is -0.448 e. The number of fused-ring (bicyclic) bond motifs is 1. The van der Waals surface area contributed by atoms with Crippen LogP contribution in [0, 0.1) is 0 Å². The van der Waals surface area contributed by atoms with Gasteiger partial charge in [-0.15, -0.1) is 0 Å². The number of pyridine rings is 1. The summed E-state index contributed by atoms with van der Waals surface area (Å²) in [5.41, 5.74) is 3.11. The van der Waals surface area contributed by atoms with Crippen molar-refractivity contribution in [1.82, 2.24) is 14.8 Å². The molecule has 1 aliphatic heterocycles. The van der Waals surface area contributed by atoms with Gasteiger partial charge in [0.2, 0.25) is 0 Å². The number of nitrogens with zero attached hydrogens (tertiary/aromatic N) is 3. The van der Waals surface area contributed by atoms with Crippen LogP contribution < -0.4 is 0 Å². The Kier molecular flexibility index (Phi) is 4.93. The Labute approximate surface area is 163 Å². The van der Waals surface area contributed by atoms with E-state index in [9.17, 15) is 9.59 Å². The highest BCUT2D eigenvalue weighted by Gasteiger charge is 2.23. The number of cyclic esters (lactones) is 1. The van der Waals surface area contributed by atoms with Crippen LogP contribution in [0.2, 0.25) is 0 Å². The predicted octanol–water partition coefficient (Wildman–Crippen LogP) is 3.43. The third-order valence-electron chi connectivity index (χ3n) is 4.91. The van der Waals surface area contributed by atoms with Gasteiger partial charge < -0.3 is 14.5 Å². The molecule has 0 unspecified atom stereocenters. The van der Waals surface area contributed by atoms with Gasteiger partial charge in [-0.3, -0.25) is 4.79 Å². The van der Waals surface area contributed by atoms with Crippen molar-refractivity contribution in [3.8, 4) is 11.3 Å². The third-order valence-corrected chi connectivity index (χ3v) is 4.91. The fraction of sp³-hybridized carbons (Fsp3) is 0.227. The first kappa shape index (κ1) is 18.0. The zero-order valence-corrected chi connectivity index (χ0v) is 15.7. The Morgan fingerprint density at radius 3 is 2.64 bits per heavy atom. The Bertz CT molecular complexity index is 1020. The van der Waals surface area contributed by atoms with E-state index < -0.39 is 0 Å². The maximum absolute atomic E-state index is 13.2. The van der Waals surface area contributed by atoms with Gasteiger partial charge in [0.25, 0.3) is 5.91 Å². The molecule has 2 heterocycles. The molecule has 0 bridgehead atoms. The molecule has 0 spiro atoms. The summed E-state index contributed by atoms with van der Waals surface area (Å²) in [6, 6.07) is 19.3. The molecule has 6 heteroatoms. The van der Waals surface area contributed by atoms with Crippen LogP contribution in [-0.4, -0.2) is 60.1 Å². The molecule has 1 aromatic heterocycles. The van der Waals surface area contributed by atoms with Crippen LogP contribution in [0.1, 0.15) is 10.4 Å². The Balaban J connectivity index is 1.64. The van der Waals surface area contributed by atoms with Crippen molar-refractivity contribution in [2.24, 2.45) is 0 Å². The standard InChI is InChI=1S/C22H21N3O3/c1-24(11-12-25-13-14-28-22(25)27)21(26)18-15-20(16-7-3-2-4-8-16)23-19-10-6-5-9-17(18)19/h2-10,15H,11-14H2,1H3. The molecule has 0 atom stereocenters. The summed E-state index contributed by atoms with van der Waals surface area (Å²) in [5.74, 6) is -0.0941. The highest BCUT2D eigenvalue weighted by molar-refractivity contribution is 6.07. The molecular formula is C22H21N3O3. The van der Waals surface area contributed by atoms with Crippen LogP contribution in [0.4, 0.5) is 4.79 Å². The first-order valence-corrected chi connectivity index (χ1v) is 9.26. The van der Waals surface area contributed by atoms with E-state index in [0.717, 1.165) is 22.2 Å². The highest BCUT2D eigenvalue weighted by atomic mass is 16.6. The van der Waals surface area contributed by atoms with Gasteiger partial charge in [0.05, 0.1) is 23.3 Å². The second kappa shape index (κ2) is 7.68. The van der Waals surface area contributed by atoms with Crippen LogP contribution in [0.15, 0.2) is 60.7 Å². The summed E-state index contributed by atoms with van der Waals surface area (Å²) in [6.07, 6.45) is -0.318. The van der Waals surface area contributed by atoms with Crippen molar-refractivity contribution in [1.29, 1.82) is 0 Å². The first-order chi connectivity index (χ1) is 13.6. The number of aromatic nitrogens is 1. The monoisotopic (exact) mass is 375 g/mol. The molecule has 2 aromatic carbocycles. The van der Waals surface area contributed by atoms with E-state index in [1.807, 2.05) is 60.7 Å². The number of carbonyl (C=O) groups excluding carboxylic acids is 2. The number of amides is 2. The Morgan fingerprint density at radius 2 is 1.89 bits per heavy atom. The molecule has 1 saturated heterocycles. The van der Waals surface area contributed by atoms with Crippen molar-refractivity contribution in [3.63, 3.8) is 0 Å². The lowest BCUT2D eigenvalue weighted by Gasteiger charge is -2.21. The van der Waals surface area contributed by atoms with Gasteiger partial charge in [-0.1, -0.05) is 48.5 Å². The van der Waals surface area contributed by atoms with Crippen LogP contribution in [0.3, 0.4) is 0 Å². The molecule has 1 fully saturated rings. The fourth-order valence-electron chi connectivity index (χ4n) is 3.32. The number of benzene rings is 2. The molecule has 28 heavy (non-hydrogen) atoms. The SMILES string of the molecule is CN(CCN1CCOC1=O)C(=O)c1cc(-c2ccccc2)nc2ccccc12. The van der Waals surface area contributed by atoms with E-state index in [2.05, 4.69) is 0 Å². The van der Waals surface area contributed by atoms with Gasteiger partial charge in [0.15, 0.2) is 0 Å². The fourth-order valence-corrected chi connectivity index (χ4v) is 3.32. The minimum absolute atomic E-state index is 0.0941. The summed E-state index contributed by atoms with van der Waals surface area (Å²) in [6.45, 7) is 1.87. The van der Waals surface area contributed by atoms with Gasteiger partial charge in [0, 0.05) is 31.1 Å². The summed E-state index contributed by atoms with van der Waals surface area (Å²) >= 11 is 0. The van der Waals surface area contributed by atoms with Crippen molar-refractivity contribution in [2.75, 3.05) is 33.3 Å². The summed E-state index contributed by atoms with van der Waals surface area (Å²) in [7, 11) is 1.75. The van der Waals surface area contributed by atoms with Gasteiger partial charge in [-0.25, -0.2) is 9.78 Å². The molecule has 6 nitrogen and oxygen atoms in total. The van der Waals surface area contributed by atoms with Gasteiger partial charge in [0.1, 0.15) is 6.61 Å². The molecule has 1 aliphatic rings. The van der Waals surface area contributed by atoms with Gasteiger partial charge >= 0.3 is 6.09 Å². The smallest absolute Gasteiger partial charge is 0.409 e. The molecule has 3 aromatic rings. The lowest BCUT2D eigenvalue weighted by Crippen LogP contribution is -2.36. The van der Waals surface area contributed by atoms with Crippen LogP contribution in [0.25, 0.3) is 22.2 Å². The van der Waals surface area contributed by atoms with Crippen molar-refractivity contribution in [3.05, 3.63) is 66.2 Å². The zero-order valence-electron chi connectivity index (χ0n) is 15.7. The number of likely N-dealkylation sites (N-methyl/N-ethyl adjacent to an activating group) is 1. The van der Waals surface area contributed by atoms with Gasteiger partial charge in [-0.2, -0.15) is 0 Å². The summed E-state index contributed by atoms with van der Waals surface area (Å²) in [4.78, 5) is 32.8. The Morgan fingerprint density at radius 1 is 1.14 bits per heavy atom. The zero-order chi connectivity index (χ0) is 19.5. The van der Waals surface area contributed by atoms with Gasteiger partial charge in [-0.05, 0) is 12.1 Å². The van der Waals surface area contributed by atoms with Crippen molar-refractivity contribution >= 4 is 22.9 Å². The quantitative estimate of drug-likeness (QED) is 0.685. The van der Waals surface area contributed by atoms with Crippen LogP contribution in [-0.2, 0) is 4.74 Å². The van der Waals surface area contributed by atoms with E-state index in [1.165, 1.54) is 0 Å². The van der Waals surface area contributed by atoms with Crippen molar-refractivity contribution in [2.45, 2.75) is 0 Å². The molecule has 0 radical (unpaired) electrons. The van der Waals surface area contributed by atoms with E-state index in [1.54, 1.807) is 16.8 Å². The molecule has 0 saturated carbocycles. The van der Waals surface area contributed by atoms with E-state index in [0.29, 0.717) is 31.8 Å². The number of rotatable bonds is 5. The maximum Gasteiger partial charge on any atom is 0.409 e. The molecule has 4 rings (SSSR count). The molecule has 2 amide bonds. The van der Waals surface area contributed by atoms with E-state index >= 15 is 0 Å². The molecule has 0 N–H and O–H groups in total. The summed E-state index contributed by atoms with van der Waals surface area (Å²) in [5, 5.41) is 0.819. The molecule has 142 valence electrons. The lowest BCUT2D eigenvalue weighted by molar-refractivity contribution is 0.0784. The minimum atomic E-state index is -0.318. The number of ether oxygens (including phenoxy) is 1. The van der Waals surface area contributed by atoms with Crippen molar-refractivity contribution < 1.29 is 14.3 Å². The third kappa shape index (κ3) is 3.53. The lowest BCUT2D eigenvalue weighted by atomic mass is 10.0. The second-order valence-corrected chi connectivity index (χ2v) is 6.77. The molecular weight excluding hydrogens is 354 g/mol. The number of carbonyl (C=O) groups is 2. The average Bonchev–Trinajstić information content (AvgIpc) is 3.16.